The van der Waals surface area contributed by atoms with Crippen LogP contribution in [0.25, 0.3) is 16.9 Å². The minimum atomic E-state index is 0. The Morgan fingerprint density at radius 3 is 1.75 bits per heavy atom. The second-order valence-corrected chi connectivity index (χ2v) is 11.5. The second kappa shape index (κ2) is 17.4. The standard InChI is InChI=1S/C13H9.C12H10Si.C10H14N.2ClH.Hf/c1-3-7-12-10(5-1)9-11-6-2-4-8-13(11)12;1-3-7-11(8-4-1)13-12-9-5-2-6-10-12;1-10(2,3)8-5-4-6-9(11)7-8;;;/h1-5,7-8H,9H2;1-10H;4-7,11H,1-3H3;2*1H;/q-1;;-1;;;+4/p-2. The smallest absolute Gasteiger partial charge is 1.00 e. The van der Waals surface area contributed by atoms with Crippen LogP contribution in [0.5, 0.6) is 0 Å². The van der Waals surface area contributed by atoms with Crippen molar-refractivity contribution in [2.75, 3.05) is 0 Å². The summed E-state index contributed by atoms with van der Waals surface area (Å²) in [6, 6.07) is 47.0. The first kappa shape index (κ1) is 35.6. The van der Waals surface area contributed by atoms with E-state index in [4.69, 9.17) is 5.73 Å². The second-order valence-electron chi connectivity index (χ2n) is 10.1. The predicted octanol–water partition coefficient (Wildman–Crippen LogP) is 2.07. The van der Waals surface area contributed by atoms with Crippen LogP contribution < -0.4 is 35.2 Å². The van der Waals surface area contributed by atoms with Crippen LogP contribution >= 0.6 is 0 Å². The van der Waals surface area contributed by atoms with Crippen LogP contribution in [0, 0.1) is 6.07 Å². The summed E-state index contributed by atoms with van der Waals surface area (Å²) >= 11 is 0. The van der Waals surface area contributed by atoms with Crippen LogP contribution in [0.2, 0.25) is 0 Å². The van der Waals surface area contributed by atoms with Gasteiger partial charge in [0.15, 0.2) is 0 Å². The van der Waals surface area contributed by atoms with E-state index in [1.807, 2.05) is 18.2 Å². The van der Waals surface area contributed by atoms with E-state index in [1.165, 1.54) is 38.2 Å². The molecule has 1 aliphatic rings. The van der Waals surface area contributed by atoms with E-state index >= 15 is 0 Å². The van der Waals surface area contributed by atoms with E-state index in [1.54, 1.807) is 6.07 Å². The molecule has 0 spiro atoms. The van der Waals surface area contributed by atoms with Gasteiger partial charge in [0.1, 0.15) is 9.52 Å². The molecule has 0 atom stereocenters. The van der Waals surface area contributed by atoms with Crippen molar-refractivity contribution >= 4 is 25.6 Å². The van der Waals surface area contributed by atoms with Gasteiger partial charge in [-0.3, -0.25) is 0 Å². The van der Waals surface area contributed by atoms with Gasteiger partial charge >= 0.3 is 25.8 Å². The molecule has 1 N–H and O–H groups in total. The van der Waals surface area contributed by atoms with Gasteiger partial charge in [-0.15, -0.1) is 11.3 Å². The van der Waals surface area contributed by atoms with E-state index in [2.05, 4.69) is 130 Å². The van der Waals surface area contributed by atoms with E-state index in [-0.39, 0.29) is 56.1 Å². The van der Waals surface area contributed by atoms with Crippen molar-refractivity contribution in [3.05, 3.63) is 156 Å². The molecule has 0 unspecified atom stereocenters. The molecular formula is C35H33Cl2HfNSi. The van der Waals surface area contributed by atoms with Gasteiger partial charge in [0, 0.05) is 0 Å². The first-order chi connectivity index (χ1) is 17.9. The molecule has 2 radical (unpaired) electrons. The molecule has 40 heavy (non-hydrogen) atoms. The van der Waals surface area contributed by atoms with Crippen LogP contribution in [0.15, 0.2) is 127 Å². The number of rotatable bonds is 2. The fraction of sp³-hybridized carbons (Fsp3) is 0.143. The van der Waals surface area contributed by atoms with Crippen molar-refractivity contribution in [2.24, 2.45) is 0 Å². The molecule has 0 amide bonds. The van der Waals surface area contributed by atoms with E-state index < -0.39 is 0 Å². The minimum Gasteiger partial charge on any atom is -1.00 e. The van der Waals surface area contributed by atoms with Gasteiger partial charge in [-0.05, 0) is 17.4 Å². The third-order valence-corrected chi connectivity index (χ3v) is 7.43. The third-order valence-electron chi connectivity index (χ3n) is 6.18. The SMILES string of the molecule is CC(C)(C)c1cccc([NH-])c1.[Cl-].[Cl-].[Hf+4].[c-]1cccc2c1Cc1ccccc1-2.c1ccc([Si]c2ccccc2)cc1. The van der Waals surface area contributed by atoms with E-state index in [0.29, 0.717) is 5.69 Å². The van der Waals surface area contributed by atoms with Crippen LogP contribution in [0.3, 0.4) is 0 Å². The van der Waals surface area contributed by atoms with Gasteiger partial charge < -0.3 is 30.5 Å². The zero-order valence-corrected chi connectivity index (χ0v) is 29.2. The number of hydrogen-bond acceptors (Lipinski definition) is 0. The molecule has 0 saturated carbocycles. The molecule has 5 aromatic rings. The summed E-state index contributed by atoms with van der Waals surface area (Å²) in [6.45, 7) is 6.46. The Morgan fingerprint density at radius 1 is 0.650 bits per heavy atom. The van der Waals surface area contributed by atoms with Gasteiger partial charge in [-0.25, -0.2) is 0 Å². The molecular weight excluding hydrogens is 712 g/mol. The van der Waals surface area contributed by atoms with Crippen molar-refractivity contribution in [3.63, 3.8) is 0 Å². The predicted molar refractivity (Wildman–Crippen MR) is 161 cm³/mol. The minimum absolute atomic E-state index is 0. The summed E-state index contributed by atoms with van der Waals surface area (Å²) in [5.41, 5.74) is 14.9. The quantitative estimate of drug-likeness (QED) is 0.192. The molecule has 6 rings (SSSR count). The van der Waals surface area contributed by atoms with Gasteiger partial charge in [-0.1, -0.05) is 151 Å². The van der Waals surface area contributed by atoms with E-state index in [0.717, 1.165) is 15.9 Å². The van der Waals surface area contributed by atoms with Gasteiger partial charge in [0.2, 0.25) is 0 Å². The third kappa shape index (κ3) is 10.5. The fourth-order valence-electron chi connectivity index (χ4n) is 4.19. The van der Waals surface area contributed by atoms with E-state index in [9.17, 15) is 0 Å². The number of nitrogens with one attached hydrogen (secondary N) is 1. The Labute approximate surface area is 274 Å². The van der Waals surface area contributed by atoms with Crippen LogP contribution in [0.4, 0.5) is 5.69 Å². The number of benzene rings is 5. The molecule has 0 aliphatic heterocycles. The molecule has 0 fully saturated rings. The summed E-state index contributed by atoms with van der Waals surface area (Å²) in [5.74, 6) is 0. The van der Waals surface area contributed by atoms with Crippen molar-refractivity contribution < 1.29 is 50.7 Å². The molecule has 0 aromatic heterocycles. The van der Waals surface area contributed by atoms with Crippen LogP contribution in [-0.2, 0) is 37.7 Å². The number of halogens is 2. The monoisotopic (exact) mass is 745 g/mol. The average molecular weight is 745 g/mol. The first-order valence-corrected chi connectivity index (χ1v) is 13.7. The van der Waals surface area contributed by atoms with Gasteiger partial charge in [0.05, 0.1) is 0 Å². The van der Waals surface area contributed by atoms with Crippen molar-refractivity contribution in [1.29, 1.82) is 0 Å². The van der Waals surface area contributed by atoms with Crippen molar-refractivity contribution in [2.45, 2.75) is 32.6 Å². The zero-order chi connectivity index (χ0) is 26.1. The molecule has 0 bridgehead atoms. The molecule has 0 heterocycles. The molecule has 200 valence electrons. The summed E-state index contributed by atoms with van der Waals surface area (Å²) in [5, 5.41) is 2.79. The zero-order valence-electron chi connectivity index (χ0n) is 23.1. The fourth-order valence-corrected chi connectivity index (χ4v) is 5.24. The number of fused-ring (bicyclic) bond motifs is 3. The van der Waals surface area contributed by atoms with Gasteiger partial charge in [-0.2, -0.15) is 29.8 Å². The topological polar surface area (TPSA) is 23.8 Å². The van der Waals surface area contributed by atoms with Crippen molar-refractivity contribution in [1.82, 2.24) is 0 Å². The summed E-state index contributed by atoms with van der Waals surface area (Å²) in [4.78, 5) is 0. The maximum atomic E-state index is 7.42. The Morgan fingerprint density at radius 2 is 1.20 bits per heavy atom. The molecule has 5 heteroatoms. The van der Waals surface area contributed by atoms with Crippen LogP contribution in [-0.4, -0.2) is 9.52 Å². The largest absolute Gasteiger partial charge is 4.00 e. The summed E-state index contributed by atoms with van der Waals surface area (Å²) in [6.07, 6.45) is 1.05. The molecule has 5 aromatic carbocycles. The molecule has 0 saturated heterocycles. The Bertz CT molecular complexity index is 1340. The average Bonchev–Trinajstić information content (AvgIpc) is 3.29. The summed E-state index contributed by atoms with van der Waals surface area (Å²) in [7, 11) is 0.777. The normalized spacial score (nSPS) is 10.4. The maximum Gasteiger partial charge on any atom is 4.00 e. The van der Waals surface area contributed by atoms with Crippen molar-refractivity contribution in [3.8, 4) is 11.1 Å². The Kier molecular flexibility index (Phi) is 15.5. The van der Waals surface area contributed by atoms with Crippen LogP contribution in [0.1, 0.15) is 37.5 Å². The Hall–Kier alpha value is -2.43. The number of hydrogen-bond donors (Lipinski definition) is 0. The Balaban J connectivity index is 0.000000291. The molecule has 1 aliphatic carbocycles. The molecule has 1 nitrogen and oxygen atoms in total. The van der Waals surface area contributed by atoms with Gasteiger partial charge in [0.25, 0.3) is 0 Å². The maximum absolute atomic E-state index is 7.42. The first-order valence-electron chi connectivity index (χ1n) is 12.7. The summed E-state index contributed by atoms with van der Waals surface area (Å²) < 4.78 is 0.